The van der Waals surface area contributed by atoms with Gasteiger partial charge in [0.2, 0.25) is 0 Å². The van der Waals surface area contributed by atoms with Crippen molar-refractivity contribution in [3.63, 3.8) is 0 Å². The molecule has 0 radical (unpaired) electrons. The lowest BCUT2D eigenvalue weighted by atomic mass is 10.0. The van der Waals surface area contributed by atoms with Gasteiger partial charge >= 0.3 is 5.97 Å². The van der Waals surface area contributed by atoms with E-state index >= 15 is 0 Å². The second-order valence-electron chi connectivity index (χ2n) is 4.98. The van der Waals surface area contributed by atoms with Gasteiger partial charge in [-0.15, -0.1) is 5.10 Å². The molecule has 1 aromatic heterocycles. The van der Waals surface area contributed by atoms with Gasteiger partial charge in [0.05, 0.1) is 17.5 Å². The van der Waals surface area contributed by atoms with Crippen LogP contribution >= 0.6 is 27.5 Å². The standard InChI is InChI=1S/C13H14BrClN4O2/c1-7(2)11(6-12(20)21)19-13(16-17-18-19)9-5-8(14)3-4-10(9)15/h3-5,7,11H,6H2,1-2H3,(H,20,21). The van der Waals surface area contributed by atoms with Crippen LogP contribution in [0.3, 0.4) is 0 Å². The molecular weight excluding hydrogens is 360 g/mol. The lowest BCUT2D eigenvalue weighted by molar-refractivity contribution is -0.138. The van der Waals surface area contributed by atoms with Crippen LogP contribution < -0.4 is 0 Å². The molecule has 0 fully saturated rings. The highest BCUT2D eigenvalue weighted by atomic mass is 79.9. The minimum Gasteiger partial charge on any atom is -0.481 e. The summed E-state index contributed by atoms with van der Waals surface area (Å²) in [6.07, 6.45) is -0.0542. The number of carbonyl (C=O) groups is 1. The average molecular weight is 374 g/mol. The molecule has 2 aromatic rings. The summed E-state index contributed by atoms with van der Waals surface area (Å²) in [5, 5.41) is 21.2. The van der Waals surface area contributed by atoms with Gasteiger partial charge in [-0.25, -0.2) is 4.68 Å². The van der Waals surface area contributed by atoms with Gasteiger partial charge in [0, 0.05) is 10.0 Å². The molecule has 8 heteroatoms. The van der Waals surface area contributed by atoms with Crippen LogP contribution in [0.1, 0.15) is 26.3 Å². The van der Waals surface area contributed by atoms with Gasteiger partial charge in [-0.05, 0) is 34.5 Å². The third-order valence-corrected chi connectivity index (χ3v) is 3.95. The Kier molecular flexibility index (Phi) is 4.95. The largest absolute Gasteiger partial charge is 0.481 e. The summed E-state index contributed by atoms with van der Waals surface area (Å²) in [6.45, 7) is 3.86. The maximum atomic E-state index is 11.1. The number of benzene rings is 1. The maximum Gasteiger partial charge on any atom is 0.305 e. The van der Waals surface area contributed by atoms with Crippen molar-refractivity contribution in [1.82, 2.24) is 20.2 Å². The van der Waals surface area contributed by atoms with Crippen molar-refractivity contribution in [3.8, 4) is 11.4 Å². The van der Waals surface area contributed by atoms with Crippen LogP contribution in [0.15, 0.2) is 22.7 Å². The molecule has 21 heavy (non-hydrogen) atoms. The van der Waals surface area contributed by atoms with Gasteiger partial charge in [-0.3, -0.25) is 4.79 Å². The Hall–Kier alpha value is -1.47. The van der Waals surface area contributed by atoms with E-state index in [2.05, 4.69) is 31.5 Å². The Morgan fingerprint density at radius 3 is 2.81 bits per heavy atom. The summed E-state index contributed by atoms with van der Waals surface area (Å²) in [7, 11) is 0. The first kappa shape index (κ1) is 15.9. The fourth-order valence-corrected chi connectivity index (χ4v) is 2.61. The lowest BCUT2D eigenvalue weighted by Crippen LogP contribution is -2.21. The first-order chi connectivity index (χ1) is 9.90. The molecule has 0 saturated carbocycles. The molecule has 0 amide bonds. The molecule has 1 atom stereocenters. The molecule has 6 nitrogen and oxygen atoms in total. The van der Waals surface area contributed by atoms with Crippen molar-refractivity contribution in [2.24, 2.45) is 5.92 Å². The van der Waals surface area contributed by atoms with E-state index in [1.807, 2.05) is 26.0 Å². The molecule has 112 valence electrons. The zero-order chi connectivity index (χ0) is 15.6. The van der Waals surface area contributed by atoms with Gasteiger partial charge in [0.25, 0.3) is 0 Å². The zero-order valence-electron chi connectivity index (χ0n) is 11.5. The van der Waals surface area contributed by atoms with Gasteiger partial charge in [-0.1, -0.05) is 41.4 Å². The van der Waals surface area contributed by atoms with E-state index in [0.717, 1.165) is 4.47 Å². The third kappa shape index (κ3) is 3.59. The second-order valence-corrected chi connectivity index (χ2v) is 6.30. The van der Waals surface area contributed by atoms with Gasteiger partial charge in [0.15, 0.2) is 5.82 Å². The highest BCUT2D eigenvalue weighted by Crippen LogP contribution is 2.32. The molecule has 2 rings (SSSR count). The van der Waals surface area contributed by atoms with Crippen molar-refractivity contribution < 1.29 is 9.90 Å². The average Bonchev–Trinajstić information content (AvgIpc) is 2.87. The summed E-state index contributed by atoms with van der Waals surface area (Å²) in [5.41, 5.74) is 0.659. The van der Waals surface area contributed by atoms with E-state index in [9.17, 15) is 4.79 Å². The van der Waals surface area contributed by atoms with Crippen LogP contribution in [0.2, 0.25) is 5.02 Å². The SMILES string of the molecule is CC(C)C(CC(=O)O)n1nnnc1-c1cc(Br)ccc1Cl. The number of rotatable bonds is 5. The molecule has 0 aliphatic heterocycles. The third-order valence-electron chi connectivity index (χ3n) is 3.13. The molecule has 1 unspecified atom stereocenters. The Labute approximate surface area is 135 Å². The molecular formula is C13H14BrClN4O2. The van der Waals surface area contributed by atoms with Crippen LogP contribution in [-0.2, 0) is 4.79 Å². The monoisotopic (exact) mass is 372 g/mol. The number of aromatic nitrogens is 4. The minimum absolute atomic E-state index is 0.0542. The Morgan fingerprint density at radius 1 is 1.48 bits per heavy atom. The van der Waals surface area contributed by atoms with E-state index in [1.54, 1.807) is 6.07 Å². The van der Waals surface area contributed by atoms with Crippen LogP contribution in [0.25, 0.3) is 11.4 Å². The minimum atomic E-state index is -0.893. The van der Waals surface area contributed by atoms with Crippen molar-refractivity contribution >= 4 is 33.5 Å². The van der Waals surface area contributed by atoms with Crippen LogP contribution in [-0.4, -0.2) is 31.3 Å². The van der Waals surface area contributed by atoms with E-state index in [4.69, 9.17) is 16.7 Å². The molecule has 0 aliphatic carbocycles. The van der Waals surface area contributed by atoms with Crippen molar-refractivity contribution in [1.29, 1.82) is 0 Å². The topological polar surface area (TPSA) is 80.9 Å². The predicted molar refractivity (Wildman–Crippen MR) is 82.1 cm³/mol. The molecule has 0 bridgehead atoms. The number of carboxylic acid groups (broad SMARTS) is 1. The van der Waals surface area contributed by atoms with Gasteiger partial charge in [0.1, 0.15) is 0 Å². The second kappa shape index (κ2) is 6.53. The number of nitrogens with zero attached hydrogens (tertiary/aromatic N) is 4. The number of aliphatic carboxylic acids is 1. The van der Waals surface area contributed by atoms with Crippen LogP contribution in [0, 0.1) is 5.92 Å². The summed E-state index contributed by atoms with van der Waals surface area (Å²) in [5.74, 6) is -0.369. The number of halogens is 2. The van der Waals surface area contributed by atoms with Crippen molar-refractivity contribution in [2.45, 2.75) is 26.3 Å². The van der Waals surface area contributed by atoms with Crippen LogP contribution in [0.5, 0.6) is 0 Å². The highest BCUT2D eigenvalue weighted by molar-refractivity contribution is 9.10. The van der Waals surface area contributed by atoms with E-state index in [1.165, 1.54) is 4.68 Å². The Morgan fingerprint density at radius 2 is 2.19 bits per heavy atom. The van der Waals surface area contributed by atoms with E-state index in [-0.39, 0.29) is 18.4 Å². The lowest BCUT2D eigenvalue weighted by Gasteiger charge is -2.20. The van der Waals surface area contributed by atoms with E-state index in [0.29, 0.717) is 16.4 Å². The first-order valence-corrected chi connectivity index (χ1v) is 7.52. The van der Waals surface area contributed by atoms with Gasteiger partial charge in [-0.2, -0.15) is 0 Å². The summed E-state index contributed by atoms with van der Waals surface area (Å²) < 4.78 is 2.38. The van der Waals surface area contributed by atoms with Crippen molar-refractivity contribution in [3.05, 3.63) is 27.7 Å². The number of carboxylic acids is 1. The summed E-state index contributed by atoms with van der Waals surface area (Å²) in [6, 6.07) is 5.02. The zero-order valence-corrected chi connectivity index (χ0v) is 13.8. The normalized spacial score (nSPS) is 12.6. The van der Waals surface area contributed by atoms with E-state index < -0.39 is 5.97 Å². The number of hydrogen-bond acceptors (Lipinski definition) is 4. The van der Waals surface area contributed by atoms with Gasteiger partial charge < -0.3 is 5.11 Å². The molecule has 0 aliphatic rings. The Balaban J connectivity index is 2.50. The van der Waals surface area contributed by atoms with Crippen molar-refractivity contribution in [2.75, 3.05) is 0 Å². The molecule has 0 spiro atoms. The molecule has 1 aromatic carbocycles. The molecule has 0 saturated heterocycles. The smallest absolute Gasteiger partial charge is 0.305 e. The fraction of sp³-hybridized carbons (Fsp3) is 0.385. The fourth-order valence-electron chi connectivity index (χ4n) is 2.05. The maximum absolute atomic E-state index is 11.1. The highest BCUT2D eigenvalue weighted by Gasteiger charge is 2.25. The van der Waals surface area contributed by atoms with Crippen LogP contribution in [0.4, 0.5) is 0 Å². The molecule has 1 N–H and O–H groups in total. The predicted octanol–water partition coefficient (Wildman–Crippen LogP) is 3.43. The Bertz CT molecular complexity index is 659. The first-order valence-electron chi connectivity index (χ1n) is 6.35. The quantitative estimate of drug-likeness (QED) is 0.868. The molecule has 1 heterocycles. The number of tetrazole rings is 1. The summed E-state index contributed by atoms with van der Waals surface area (Å²) in [4.78, 5) is 11.1. The number of hydrogen-bond donors (Lipinski definition) is 1. The summed E-state index contributed by atoms with van der Waals surface area (Å²) >= 11 is 9.59.